The number of carbonyl (C=O) groups is 3. The number of amides is 4. The van der Waals surface area contributed by atoms with Gasteiger partial charge in [-0.3, -0.25) is 19.4 Å². The highest BCUT2D eigenvalue weighted by molar-refractivity contribution is 6.44. The summed E-state index contributed by atoms with van der Waals surface area (Å²) in [5.41, 5.74) is 0. The Hall–Kier alpha value is -1.47. The maximum Gasteiger partial charge on any atom is 0.335 e. The van der Waals surface area contributed by atoms with E-state index in [1.165, 1.54) is 0 Å². The van der Waals surface area contributed by atoms with E-state index < -0.39 is 17.8 Å². The SMILES string of the molecule is CCCN1C(=O)C(=O)N(CN(C)CCCOC)C1=O. The average molecular weight is 271 g/mol. The molecule has 0 spiro atoms. The van der Waals surface area contributed by atoms with E-state index in [9.17, 15) is 14.4 Å². The average Bonchev–Trinajstić information content (AvgIpc) is 2.57. The first-order valence-corrected chi connectivity index (χ1v) is 6.37. The Labute approximate surface area is 113 Å². The summed E-state index contributed by atoms with van der Waals surface area (Å²) in [5.74, 6) is -1.46. The monoisotopic (exact) mass is 271 g/mol. The summed E-state index contributed by atoms with van der Waals surface area (Å²) in [7, 11) is 3.41. The van der Waals surface area contributed by atoms with Crippen LogP contribution in [0.5, 0.6) is 0 Å². The van der Waals surface area contributed by atoms with Gasteiger partial charge in [-0.05, 0) is 19.9 Å². The fraction of sp³-hybridized carbons (Fsp3) is 0.750. The number of ether oxygens (including phenoxy) is 1. The van der Waals surface area contributed by atoms with Crippen LogP contribution in [0.3, 0.4) is 0 Å². The molecule has 0 aromatic rings. The summed E-state index contributed by atoms with van der Waals surface area (Å²) >= 11 is 0. The third kappa shape index (κ3) is 3.74. The number of hydrogen-bond acceptors (Lipinski definition) is 5. The molecule has 0 atom stereocenters. The van der Waals surface area contributed by atoms with E-state index in [0.717, 1.165) is 16.2 Å². The number of methoxy groups -OCH3 is 1. The highest BCUT2D eigenvalue weighted by Crippen LogP contribution is 2.12. The van der Waals surface area contributed by atoms with Crippen molar-refractivity contribution >= 4 is 17.8 Å². The first-order chi connectivity index (χ1) is 9.02. The lowest BCUT2D eigenvalue weighted by Gasteiger charge is -2.22. The first kappa shape index (κ1) is 15.6. The van der Waals surface area contributed by atoms with E-state index in [4.69, 9.17) is 4.74 Å². The predicted octanol–water partition coefficient (Wildman–Crippen LogP) is 0.113. The Morgan fingerprint density at radius 1 is 1.16 bits per heavy atom. The molecule has 0 aliphatic carbocycles. The zero-order valence-corrected chi connectivity index (χ0v) is 11.7. The van der Waals surface area contributed by atoms with Gasteiger partial charge in [0.2, 0.25) is 0 Å². The van der Waals surface area contributed by atoms with E-state index in [1.54, 1.807) is 14.2 Å². The van der Waals surface area contributed by atoms with Crippen LogP contribution in [-0.4, -0.2) is 73.1 Å². The quantitative estimate of drug-likeness (QED) is 0.356. The van der Waals surface area contributed by atoms with Gasteiger partial charge in [0.05, 0.1) is 6.67 Å². The largest absolute Gasteiger partial charge is 0.385 e. The maximum absolute atomic E-state index is 11.9. The first-order valence-electron chi connectivity index (χ1n) is 6.37. The van der Waals surface area contributed by atoms with E-state index in [-0.39, 0.29) is 13.2 Å². The van der Waals surface area contributed by atoms with Crippen molar-refractivity contribution in [2.45, 2.75) is 19.8 Å². The third-order valence-corrected chi connectivity index (χ3v) is 2.85. The van der Waals surface area contributed by atoms with Crippen LogP contribution in [0.15, 0.2) is 0 Å². The molecule has 0 saturated carbocycles. The van der Waals surface area contributed by atoms with Crippen molar-refractivity contribution in [3.8, 4) is 0 Å². The molecule has 0 bridgehead atoms. The van der Waals surface area contributed by atoms with Gasteiger partial charge in [0, 0.05) is 26.8 Å². The molecule has 1 saturated heterocycles. The number of imide groups is 2. The molecule has 1 heterocycles. The van der Waals surface area contributed by atoms with Crippen LogP contribution >= 0.6 is 0 Å². The standard InChI is InChI=1S/C12H21N3O4/c1-4-6-14-10(16)11(17)15(12(14)18)9-13(2)7-5-8-19-3/h4-9H2,1-3H3. The minimum absolute atomic E-state index is 0.132. The smallest absolute Gasteiger partial charge is 0.335 e. The Morgan fingerprint density at radius 2 is 1.79 bits per heavy atom. The van der Waals surface area contributed by atoms with Crippen LogP contribution < -0.4 is 0 Å². The summed E-state index contributed by atoms with van der Waals surface area (Å²) < 4.78 is 4.93. The molecule has 0 radical (unpaired) electrons. The Kier molecular flexibility index (Phi) is 5.91. The summed E-state index contributed by atoms with van der Waals surface area (Å²) in [6, 6.07) is -0.518. The number of nitrogens with zero attached hydrogens (tertiary/aromatic N) is 3. The molecular formula is C12H21N3O4. The Balaban J connectivity index is 2.56. The molecule has 108 valence electrons. The molecule has 1 fully saturated rings. The van der Waals surface area contributed by atoms with Gasteiger partial charge < -0.3 is 4.74 Å². The van der Waals surface area contributed by atoms with Gasteiger partial charge in [0.25, 0.3) is 0 Å². The summed E-state index contributed by atoms with van der Waals surface area (Å²) in [4.78, 5) is 39.1. The molecule has 0 aromatic heterocycles. The molecule has 1 rings (SSSR count). The number of urea groups is 1. The molecular weight excluding hydrogens is 250 g/mol. The second-order valence-electron chi connectivity index (χ2n) is 4.54. The molecule has 7 heteroatoms. The van der Waals surface area contributed by atoms with Gasteiger partial charge in [-0.1, -0.05) is 6.92 Å². The lowest BCUT2D eigenvalue weighted by Crippen LogP contribution is -2.41. The van der Waals surface area contributed by atoms with Crippen LogP contribution in [0.2, 0.25) is 0 Å². The van der Waals surface area contributed by atoms with E-state index >= 15 is 0 Å². The minimum atomic E-state index is -0.739. The molecule has 0 aromatic carbocycles. The fourth-order valence-electron chi connectivity index (χ4n) is 1.89. The van der Waals surface area contributed by atoms with Gasteiger partial charge in [0.15, 0.2) is 0 Å². The second kappa shape index (κ2) is 7.20. The number of carbonyl (C=O) groups excluding carboxylic acids is 3. The van der Waals surface area contributed by atoms with E-state index in [0.29, 0.717) is 19.6 Å². The minimum Gasteiger partial charge on any atom is -0.385 e. The van der Waals surface area contributed by atoms with Crippen molar-refractivity contribution in [2.24, 2.45) is 0 Å². The summed E-state index contributed by atoms with van der Waals surface area (Å²) in [6.45, 7) is 3.57. The zero-order valence-electron chi connectivity index (χ0n) is 11.7. The zero-order chi connectivity index (χ0) is 14.4. The normalized spacial score (nSPS) is 16.1. The molecule has 1 aliphatic heterocycles. The van der Waals surface area contributed by atoms with Crippen molar-refractivity contribution in [1.29, 1.82) is 0 Å². The fourth-order valence-corrected chi connectivity index (χ4v) is 1.89. The van der Waals surface area contributed by atoms with Crippen LogP contribution in [0, 0.1) is 0 Å². The number of hydrogen-bond donors (Lipinski definition) is 0. The van der Waals surface area contributed by atoms with Gasteiger partial charge in [-0.2, -0.15) is 0 Å². The van der Waals surface area contributed by atoms with E-state index in [2.05, 4.69) is 0 Å². The van der Waals surface area contributed by atoms with Crippen molar-refractivity contribution in [1.82, 2.24) is 14.7 Å². The molecule has 4 amide bonds. The Morgan fingerprint density at radius 3 is 2.37 bits per heavy atom. The topological polar surface area (TPSA) is 70.2 Å². The van der Waals surface area contributed by atoms with Gasteiger partial charge >= 0.3 is 17.8 Å². The molecule has 0 N–H and O–H groups in total. The highest BCUT2D eigenvalue weighted by Gasteiger charge is 2.44. The van der Waals surface area contributed by atoms with Crippen molar-refractivity contribution in [3.05, 3.63) is 0 Å². The Bertz CT molecular complexity index is 359. The molecule has 0 unspecified atom stereocenters. The van der Waals surface area contributed by atoms with Gasteiger partial charge in [-0.15, -0.1) is 0 Å². The van der Waals surface area contributed by atoms with Crippen LogP contribution in [0.25, 0.3) is 0 Å². The van der Waals surface area contributed by atoms with Crippen molar-refractivity contribution in [2.75, 3.05) is 40.5 Å². The number of rotatable bonds is 8. The van der Waals surface area contributed by atoms with E-state index in [1.807, 2.05) is 11.8 Å². The molecule has 1 aliphatic rings. The summed E-state index contributed by atoms with van der Waals surface area (Å²) in [6.07, 6.45) is 1.44. The van der Waals surface area contributed by atoms with Crippen LogP contribution in [0.4, 0.5) is 4.79 Å². The molecule has 7 nitrogen and oxygen atoms in total. The molecule has 19 heavy (non-hydrogen) atoms. The van der Waals surface area contributed by atoms with Crippen molar-refractivity contribution < 1.29 is 19.1 Å². The van der Waals surface area contributed by atoms with Crippen LogP contribution in [-0.2, 0) is 14.3 Å². The van der Waals surface area contributed by atoms with Crippen LogP contribution in [0.1, 0.15) is 19.8 Å². The van der Waals surface area contributed by atoms with Gasteiger partial charge in [0.1, 0.15) is 0 Å². The lowest BCUT2D eigenvalue weighted by molar-refractivity contribution is -0.143. The second-order valence-corrected chi connectivity index (χ2v) is 4.54. The summed E-state index contributed by atoms with van der Waals surface area (Å²) in [5, 5.41) is 0. The highest BCUT2D eigenvalue weighted by atomic mass is 16.5. The third-order valence-electron chi connectivity index (χ3n) is 2.85. The van der Waals surface area contributed by atoms with Gasteiger partial charge in [-0.25, -0.2) is 9.69 Å². The van der Waals surface area contributed by atoms with Crippen molar-refractivity contribution in [3.63, 3.8) is 0 Å². The predicted molar refractivity (Wildman–Crippen MR) is 68.2 cm³/mol. The maximum atomic E-state index is 11.9. The lowest BCUT2D eigenvalue weighted by atomic mass is 10.4.